The average Bonchev–Trinajstić information content (AvgIpc) is 3.10. The van der Waals surface area contributed by atoms with E-state index in [1.807, 2.05) is 30.3 Å². The molecule has 1 heterocycles. The topological polar surface area (TPSA) is 115 Å². The van der Waals surface area contributed by atoms with Crippen LogP contribution >= 0.6 is 0 Å². The molecule has 9 nitrogen and oxygen atoms in total. The normalized spacial score (nSPS) is 12.4. The molecular formula is C33H32N4O5. The molecule has 0 aromatic heterocycles. The van der Waals surface area contributed by atoms with Gasteiger partial charge in [-0.1, -0.05) is 42.2 Å². The van der Waals surface area contributed by atoms with E-state index in [-0.39, 0.29) is 19.0 Å². The fourth-order valence-electron chi connectivity index (χ4n) is 4.88. The van der Waals surface area contributed by atoms with Crippen molar-refractivity contribution in [1.29, 1.82) is 5.26 Å². The molecule has 214 valence electrons. The molecule has 3 aromatic carbocycles. The molecule has 1 aliphatic rings. The van der Waals surface area contributed by atoms with Gasteiger partial charge in [0.2, 0.25) is 5.91 Å². The molecule has 9 heteroatoms. The van der Waals surface area contributed by atoms with E-state index in [1.165, 1.54) is 24.0 Å². The van der Waals surface area contributed by atoms with E-state index in [0.29, 0.717) is 56.1 Å². The van der Waals surface area contributed by atoms with Crippen molar-refractivity contribution in [3.63, 3.8) is 0 Å². The van der Waals surface area contributed by atoms with Crippen molar-refractivity contribution in [2.45, 2.75) is 26.3 Å². The fourth-order valence-corrected chi connectivity index (χ4v) is 4.88. The Morgan fingerprint density at radius 2 is 1.76 bits per heavy atom. The van der Waals surface area contributed by atoms with Crippen LogP contribution in [0.1, 0.15) is 37.5 Å². The molecule has 0 saturated heterocycles. The molecule has 3 aromatic rings. The highest BCUT2D eigenvalue weighted by Gasteiger charge is 2.29. The summed E-state index contributed by atoms with van der Waals surface area (Å²) in [5, 5.41) is 19.7. The Morgan fingerprint density at radius 1 is 1.07 bits per heavy atom. The summed E-state index contributed by atoms with van der Waals surface area (Å²) in [5.41, 5.74) is 4.15. The first-order valence-electron chi connectivity index (χ1n) is 13.2. The maximum absolute atomic E-state index is 12.8. The minimum Gasteiger partial charge on any atom is -0.493 e. The summed E-state index contributed by atoms with van der Waals surface area (Å²) < 4.78 is 11.7. The smallest absolute Gasteiger partial charge is 0.408 e. The lowest BCUT2D eigenvalue weighted by atomic mass is 9.85. The second-order valence-electron chi connectivity index (χ2n) is 10.6. The summed E-state index contributed by atoms with van der Waals surface area (Å²) in [6, 6.07) is 16.8. The van der Waals surface area contributed by atoms with Gasteiger partial charge in [-0.05, 0) is 38.5 Å². The lowest BCUT2D eigenvalue weighted by Crippen LogP contribution is -2.45. The van der Waals surface area contributed by atoms with Crippen LogP contribution < -0.4 is 14.4 Å². The zero-order valence-electron chi connectivity index (χ0n) is 24.5. The van der Waals surface area contributed by atoms with Crippen molar-refractivity contribution in [3.05, 3.63) is 65.2 Å². The Balaban J connectivity index is 2.12. The van der Waals surface area contributed by atoms with Crippen molar-refractivity contribution in [2.24, 2.45) is 4.99 Å². The van der Waals surface area contributed by atoms with Gasteiger partial charge in [-0.3, -0.25) is 14.7 Å². The molecule has 2 amide bonds. The van der Waals surface area contributed by atoms with E-state index in [2.05, 4.69) is 22.9 Å². The minimum atomic E-state index is -1.07. The number of methoxy groups -OCH3 is 2. The number of ether oxygens (including phenoxy) is 2. The molecule has 0 atom stereocenters. The number of rotatable bonds is 5. The van der Waals surface area contributed by atoms with Crippen LogP contribution in [0.2, 0.25) is 0 Å². The number of hydrogen-bond donors (Lipinski definition) is 1. The van der Waals surface area contributed by atoms with Crippen LogP contribution in [0.15, 0.2) is 53.5 Å². The van der Waals surface area contributed by atoms with Gasteiger partial charge in [0.25, 0.3) is 0 Å². The van der Waals surface area contributed by atoms with E-state index in [1.54, 1.807) is 52.2 Å². The molecule has 0 unspecified atom stereocenters. The molecule has 1 N–H and O–H groups in total. The monoisotopic (exact) mass is 564 g/mol. The SMILES string of the molecule is COc1cc2c(c(-c3c(C#CCN(C(=O)O)C(C)(C)C)cccc3-c3ccccc3C#N)c1OC)C=NCC(=O)N2C. The molecule has 0 bridgehead atoms. The van der Waals surface area contributed by atoms with Crippen LogP contribution in [0.5, 0.6) is 11.5 Å². The van der Waals surface area contributed by atoms with Crippen molar-refractivity contribution in [1.82, 2.24) is 4.90 Å². The first kappa shape index (κ1) is 29.7. The molecule has 4 rings (SSSR count). The summed E-state index contributed by atoms with van der Waals surface area (Å²) in [5.74, 6) is 6.83. The van der Waals surface area contributed by atoms with Crippen molar-refractivity contribution >= 4 is 23.9 Å². The fraction of sp³-hybridized carbons (Fsp3) is 0.273. The van der Waals surface area contributed by atoms with Crippen LogP contribution in [0.25, 0.3) is 22.3 Å². The standard InChI is InChI=1S/C33H32N4O5/c1-33(2,3)37(32(39)40)16-10-13-21-12-9-15-24(23-14-8-7-11-22(23)18-34)29(21)30-25-19-35-20-28(38)36(4)26(25)17-27(41-5)31(30)42-6/h7-9,11-12,14-15,17,19H,16,20H2,1-6H3,(H,39,40). The quantitative estimate of drug-likeness (QED) is 0.413. The first-order chi connectivity index (χ1) is 20.0. The first-order valence-corrected chi connectivity index (χ1v) is 13.2. The van der Waals surface area contributed by atoms with E-state index in [4.69, 9.17) is 9.47 Å². The number of benzodiazepines with no additional fused rings is 1. The van der Waals surface area contributed by atoms with Crippen LogP contribution in [-0.2, 0) is 4.79 Å². The second kappa shape index (κ2) is 12.1. The van der Waals surface area contributed by atoms with Crippen LogP contribution in [-0.4, -0.2) is 68.1 Å². The van der Waals surface area contributed by atoms with Gasteiger partial charge in [-0.15, -0.1) is 0 Å². The van der Waals surface area contributed by atoms with Gasteiger partial charge in [-0.2, -0.15) is 5.26 Å². The summed E-state index contributed by atoms with van der Waals surface area (Å²) in [6.07, 6.45) is 0.571. The third-order valence-corrected chi connectivity index (χ3v) is 7.02. The number of anilines is 1. The van der Waals surface area contributed by atoms with Gasteiger partial charge in [0.05, 0.1) is 38.1 Å². The highest BCUT2D eigenvalue weighted by Crippen LogP contribution is 2.49. The van der Waals surface area contributed by atoms with Gasteiger partial charge in [0.1, 0.15) is 6.54 Å². The number of likely N-dealkylation sites (N-methyl/N-ethyl adjacent to an activating group) is 1. The van der Waals surface area contributed by atoms with Gasteiger partial charge >= 0.3 is 6.09 Å². The average molecular weight is 565 g/mol. The Bertz CT molecular complexity index is 1690. The number of aliphatic imine (C=N–C) groups is 1. The maximum Gasteiger partial charge on any atom is 0.408 e. The van der Waals surface area contributed by atoms with E-state index >= 15 is 0 Å². The van der Waals surface area contributed by atoms with Crippen molar-refractivity contribution in [2.75, 3.05) is 39.3 Å². The third-order valence-electron chi connectivity index (χ3n) is 7.02. The number of fused-ring (bicyclic) bond motifs is 1. The molecule has 0 spiro atoms. The number of carboxylic acid groups (broad SMARTS) is 1. The van der Waals surface area contributed by atoms with Gasteiger partial charge in [-0.25, -0.2) is 4.79 Å². The molecule has 0 aliphatic carbocycles. The Morgan fingerprint density at radius 3 is 2.40 bits per heavy atom. The van der Waals surface area contributed by atoms with Gasteiger partial charge in [0.15, 0.2) is 11.5 Å². The lowest BCUT2D eigenvalue weighted by molar-refractivity contribution is -0.116. The number of carbonyl (C=O) groups is 2. The summed E-state index contributed by atoms with van der Waals surface area (Å²) in [7, 11) is 4.73. The van der Waals surface area contributed by atoms with Gasteiger partial charge < -0.3 is 19.5 Å². The number of nitriles is 1. The molecule has 1 aliphatic heterocycles. The maximum atomic E-state index is 12.8. The highest BCUT2D eigenvalue weighted by atomic mass is 16.5. The third kappa shape index (κ3) is 5.63. The summed E-state index contributed by atoms with van der Waals surface area (Å²) in [4.78, 5) is 31.9. The molecule has 0 saturated carbocycles. The number of hydrogen-bond acceptors (Lipinski definition) is 6. The predicted molar refractivity (Wildman–Crippen MR) is 162 cm³/mol. The molecule has 0 radical (unpaired) electrons. The largest absolute Gasteiger partial charge is 0.493 e. The predicted octanol–water partition coefficient (Wildman–Crippen LogP) is 5.43. The zero-order chi connectivity index (χ0) is 30.6. The lowest BCUT2D eigenvalue weighted by Gasteiger charge is -2.31. The van der Waals surface area contributed by atoms with E-state index < -0.39 is 11.6 Å². The number of amides is 2. The highest BCUT2D eigenvalue weighted by molar-refractivity contribution is 6.10. The number of carbonyl (C=O) groups excluding carboxylic acids is 1. The number of benzene rings is 3. The Hall–Kier alpha value is -5.28. The van der Waals surface area contributed by atoms with E-state index in [9.17, 15) is 20.0 Å². The molecule has 42 heavy (non-hydrogen) atoms. The Kier molecular flexibility index (Phi) is 8.54. The van der Waals surface area contributed by atoms with Crippen molar-refractivity contribution < 1.29 is 24.2 Å². The second-order valence-corrected chi connectivity index (χ2v) is 10.6. The molecular weight excluding hydrogens is 532 g/mol. The van der Waals surface area contributed by atoms with E-state index in [0.717, 1.165) is 0 Å². The Labute approximate surface area is 245 Å². The van der Waals surface area contributed by atoms with Crippen molar-refractivity contribution in [3.8, 4) is 51.7 Å². The zero-order valence-corrected chi connectivity index (χ0v) is 24.5. The summed E-state index contributed by atoms with van der Waals surface area (Å²) >= 11 is 0. The summed E-state index contributed by atoms with van der Waals surface area (Å²) in [6.45, 7) is 5.37. The van der Waals surface area contributed by atoms with Gasteiger partial charge in [0, 0.05) is 52.7 Å². The minimum absolute atomic E-state index is 0.0245. The van der Waals surface area contributed by atoms with Crippen LogP contribution in [0.4, 0.5) is 10.5 Å². The number of nitrogens with zero attached hydrogens (tertiary/aromatic N) is 4. The van der Waals surface area contributed by atoms with Crippen LogP contribution in [0.3, 0.4) is 0 Å². The van der Waals surface area contributed by atoms with Crippen LogP contribution in [0, 0.1) is 23.2 Å². The molecule has 0 fully saturated rings.